The van der Waals surface area contributed by atoms with Crippen LogP contribution >= 0.6 is 12.2 Å². The summed E-state index contributed by atoms with van der Waals surface area (Å²) in [4.78, 5) is 13.0. The molecule has 0 bridgehead atoms. The van der Waals surface area contributed by atoms with E-state index in [9.17, 15) is 9.90 Å². The fourth-order valence-electron chi connectivity index (χ4n) is 2.08. The number of carbonyl (C=O) groups is 1. The fraction of sp³-hybridized carbons (Fsp3) is 0.143. The largest absolute Gasteiger partial charge is 0.479 e. The van der Waals surface area contributed by atoms with Crippen molar-refractivity contribution in [3.8, 4) is 0 Å². The van der Waals surface area contributed by atoms with Crippen LogP contribution in [0, 0.1) is 0 Å². The van der Waals surface area contributed by atoms with Crippen molar-refractivity contribution in [2.24, 2.45) is 0 Å². The van der Waals surface area contributed by atoms with E-state index < -0.39 is 12.0 Å². The van der Waals surface area contributed by atoms with Gasteiger partial charge in [-0.1, -0.05) is 54.7 Å². The minimum Gasteiger partial charge on any atom is -0.479 e. The zero-order valence-corrected chi connectivity index (χ0v) is 10.7. The third kappa shape index (κ3) is 2.19. The van der Waals surface area contributed by atoms with Gasteiger partial charge >= 0.3 is 5.97 Å². The van der Waals surface area contributed by atoms with Gasteiger partial charge in [0, 0.05) is 7.05 Å². The van der Waals surface area contributed by atoms with Crippen molar-refractivity contribution < 1.29 is 9.90 Å². The lowest BCUT2D eigenvalue weighted by Gasteiger charge is -2.23. The first-order valence-electron chi connectivity index (χ1n) is 5.53. The smallest absolute Gasteiger partial charge is 0.331 e. The number of hydrogen-bond acceptors (Lipinski definition) is 2. The summed E-state index contributed by atoms with van der Waals surface area (Å²) in [5, 5.41) is 11.3. The quantitative estimate of drug-likeness (QED) is 0.857. The number of rotatable bonds is 4. The summed E-state index contributed by atoms with van der Waals surface area (Å²) in [6.45, 7) is 0. The summed E-state index contributed by atoms with van der Waals surface area (Å²) in [5.41, 5.74) is 2.12. The van der Waals surface area contributed by atoms with E-state index in [0.717, 1.165) is 16.3 Å². The molecule has 3 nitrogen and oxygen atoms in total. The van der Waals surface area contributed by atoms with Crippen molar-refractivity contribution in [2.75, 3.05) is 7.05 Å². The number of fused-ring (bicyclic) bond motifs is 1. The van der Waals surface area contributed by atoms with E-state index in [1.54, 1.807) is 7.05 Å². The Balaban J connectivity index is 2.64. The molecule has 0 amide bonds. The van der Waals surface area contributed by atoms with Gasteiger partial charge in [-0.15, -0.1) is 0 Å². The molecule has 1 atom stereocenters. The number of aliphatic carboxylic acids is 1. The van der Waals surface area contributed by atoms with Crippen LogP contribution in [0.1, 0.15) is 11.6 Å². The van der Waals surface area contributed by atoms with Gasteiger partial charge in [0.05, 0.1) is 5.49 Å². The molecule has 92 valence electrons. The highest BCUT2D eigenvalue weighted by Gasteiger charge is 2.24. The Bertz CT molecular complexity index is 592. The number of nitrogens with zero attached hydrogens (tertiary/aromatic N) is 1. The Morgan fingerprint density at radius 1 is 1.28 bits per heavy atom. The average molecular weight is 259 g/mol. The molecule has 0 aliphatic rings. The van der Waals surface area contributed by atoms with Crippen LogP contribution in [0.25, 0.3) is 10.8 Å². The Kier molecular flexibility index (Phi) is 3.58. The minimum atomic E-state index is -0.907. The zero-order valence-electron chi connectivity index (χ0n) is 9.91. The highest BCUT2D eigenvalue weighted by atomic mass is 32.1. The van der Waals surface area contributed by atoms with E-state index >= 15 is 0 Å². The number of benzene rings is 2. The first kappa shape index (κ1) is 12.5. The predicted octanol–water partition coefficient (Wildman–Crippen LogP) is 2.85. The van der Waals surface area contributed by atoms with Crippen LogP contribution in [-0.4, -0.2) is 28.5 Å². The Hall–Kier alpha value is -1.94. The van der Waals surface area contributed by atoms with E-state index in [2.05, 4.69) is 0 Å². The lowest BCUT2D eigenvalue weighted by Crippen LogP contribution is -2.29. The minimum absolute atomic E-state index is 0.754. The van der Waals surface area contributed by atoms with Gasteiger partial charge in [0.15, 0.2) is 6.04 Å². The summed E-state index contributed by atoms with van der Waals surface area (Å²) >= 11 is 4.83. The second-order valence-corrected chi connectivity index (χ2v) is 4.29. The van der Waals surface area contributed by atoms with Crippen molar-refractivity contribution >= 4 is 34.5 Å². The molecule has 4 heteroatoms. The van der Waals surface area contributed by atoms with Gasteiger partial charge in [-0.2, -0.15) is 0 Å². The van der Waals surface area contributed by atoms with Crippen molar-refractivity contribution in [1.29, 1.82) is 0 Å². The molecule has 0 heterocycles. The van der Waals surface area contributed by atoms with Gasteiger partial charge in [-0.25, -0.2) is 4.79 Å². The average Bonchev–Trinajstić information content (AvgIpc) is 2.38. The van der Waals surface area contributed by atoms with Crippen molar-refractivity contribution in [3.63, 3.8) is 0 Å². The molecule has 1 unspecified atom stereocenters. The molecule has 0 fully saturated rings. The number of thiocarbonyl (C=S) groups is 1. The second kappa shape index (κ2) is 5.14. The van der Waals surface area contributed by atoms with E-state index in [0.29, 0.717) is 0 Å². The summed E-state index contributed by atoms with van der Waals surface area (Å²) in [6, 6.07) is 12.6. The zero-order chi connectivity index (χ0) is 13.1. The molecule has 2 aromatic carbocycles. The van der Waals surface area contributed by atoms with Gasteiger partial charge in [-0.05, 0) is 16.3 Å². The summed E-state index contributed by atoms with van der Waals surface area (Å²) in [6.07, 6.45) is 0. The summed E-state index contributed by atoms with van der Waals surface area (Å²) < 4.78 is 0. The van der Waals surface area contributed by atoms with Gasteiger partial charge < -0.3 is 10.0 Å². The van der Waals surface area contributed by atoms with Crippen LogP contribution in [0.3, 0.4) is 0 Å². The van der Waals surface area contributed by atoms with Crippen LogP contribution in [0.4, 0.5) is 0 Å². The van der Waals surface area contributed by atoms with E-state index in [1.807, 2.05) is 42.5 Å². The topological polar surface area (TPSA) is 40.5 Å². The van der Waals surface area contributed by atoms with Crippen LogP contribution in [-0.2, 0) is 4.79 Å². The van der Waals surface area contributed by atoms with Crippen LogP contribution in [0.5, 0.6) is 0 Å². The molecule has 18 heavy (non-hydrogen) atoms. The molecule has 0 aliphatic heterocycles. The van der Waals surface area contributed by atoms with Gasteiger partial charge in [0.1, 0.15) is 0 Å². The fourth-order valence-corrected chi connectivity index (χ4v) is 2.20. The van der Waals surface area contributed by atoms with Crippen LogP contribution in [0.2, 0.25) is 0 Å². The van der Waals surface area contributed by atoms with Crippen LogP contribution in [0.15, 0.2) is 42.5 Å². The van der Waals surface area contributed by atoms with Gasteiger partial charge in [-0.3, -0.25) is 0 Å². The third-order valence-electron chi connectivity index (χ3n) is 2.93. The molecule has 2 rings (SSSR count). The number of carboxylic acid groups (broad SMARTS) is 1. The number of likely N-dealkylation sites (N-methyl/N-ethyl adjacent to an activating group) is 1. The van der Waals surface area contributed by atoms with Crippen molar-refractivity contribution in [2.45, 2.75) is 6.04 Å². The van der Waals surface area contributed by atoms with E-state index in [1.165, 1.54) is 10.4 Å². The molecular formula is C14H13NO2S. The number of hydrogen-bond donors (Lipinski definition) is 1. The molecule has 0 spiro atoms. The Morgan fingerprint density at radius 3 is 2.61 bits per heavy atom. The highest BCUT2D eigenvalue weighted by Crippen LogP contribution is 2.27. The molecule has 0 aromatic heterocycles. The molecule has 0 saturated heterocycles. The first-order chi connectivity index (χ1) is 8.65. The first-order valence-corrected chi connectivity index (χ1v) is 6.00. The van der Waals surface area contributed by atoms with Crippen molar-refractivity contribution in [1.82, 2.24) is 4.90 Å². The molecular weight excluding hydrogens is 246 g/mol. The Labute approximate surface area is 111 Å². The monoisotopic (exact) mass is 259 g/mol. The van der Waals surface area contributed by atoms with Gasteiger partial charge in [0.2, 0.25) is 0 Å². The maximum absolute atomic E-state index is 11.4. The normalized spacial score (nSPS) is 12.1. The van der Waals surface area contributed by atoms with Crippen LogP contribution < -0.4 is 0 Å². The van der Waals surface area contributed by atoms with E-state index in [-0.39, 0.29) is 0 Å². The molecule has 0 saturated carbocycles. The highest BCUT2D eigenvalue weighted by molar-refractivity contribution is 7.78. The third-order valence-corrected chi connectivity index (χ3v) is 3.26. The predicted molar refractivity (Wildman–Crippen MR) is 75.7 cm³/mol. The summed E-state index contributed by atoms with van der Waals surface area (Å²) in [7, 11) is 1.67. The maximum Gasteiger partial charge on any atom is 0.331 e. The SMILES string of the molecule is CN(C=S)C(C(=O)O)c1cccc2ccccc12. The molecule has 0 aliphatic carbocycles. The number of carboxylic acids is 1. The lowest BCUT2D eigenvalue weighted by atomic mass is 9.98. The molecule has 0 radical (unpaired) electrons. The molecule has 1 N–H and O–H groups in total. The van der Waals surface area contributed by atoms with E-state index in [4.69, 9.17) is 12.2 Å². The lowest BCUT2D eigenvalue weighted by molar-refractivity contribution is -0.141. The molecule has 2 aromatic rings. The summed E-state index contributed by atoms with van der Waals surface area (Å²) in [5.74, 6) is -0.907. The second-order valence-electron chi connectivity index (χ2n) is 4.08. The standard InChI is InChI=1S/C14H13NO2S/c1-15(9-18)13(14(16)17)12-8-4-6-10-5-2-3-7-11(10)12/h2-9,13H,1H3,(H,16,17). The maximum atomic E-state index is 11.4. The van der Waals surface area contributed by atoms with Crippen molar-refractivity contribution in [3.05, 3.63) is 48.0 Å². The Morgan fingerprint density at radius 2 is 1.94 bits per heavy atom. The van der Waals surface area contributed by atoms with Gasteiger partial charge in [0.25, 0.3) is 0 Å².